The number of ether oxygens (including phenoxy) is 2. The number of benzene rings is 3. The number of fused-ring (bicyclic) bond motifs is 1. The van der Waals surface area contributed by atoms with Crippen LogP contribution in [-0.4, -0.2) is 33.2 Å². The molecule has 0 radical (unpaired) electrons. The first kappa shape index (κ1) is 30.1. The fourth-order valence-corrected chi connectivity index (χ4v) is 4.99. The van der Waals surface area contributed by atoms with Crippen LogP contribution in [0.1, 0.15) is 50.0 Å². The second-order valence-corrected chi connectivity index (χ2v) is 10.2. The molecule has 5 aromatic rings. The van der Waals surface area contributed by atoms with Crippen LogP contribution in [0.3, 0.4) is 0 Å². The van der Waals surface area contributed by atoms with Gasteiger partial charge in [-0.15, -0.1) is 0 Å². The highest BCUT2D eigenvalue weighted by molar-refractivity contribution is 5.95. The number of halogens is 3. The summed E-state index contributed by atoms with van der Waals surface area (Å²) in [5, 5.41) is 10.3. The molecule has 0 unspecified atom stereocenters. The van der Waals surface area contributed by atoms with Crippen LogP contribution in [0.4, 0.5) is 13.2 Å². The third kappa shape index (κ3) is 6.07. The Bertz CT molecular complexity index is 1960. The number of H-pyrrole nitrogens is 1. The Morgan fingerprint density at radius 3 is 2.27 bits per heavy atom. The van der Waals surface area contributed by atoms with Crippen molar-refractivity contribution in [3.63, 3.8) is 0 Å². The van der Waals surface area contributed by atoms with Gasteiger partial charge in [-0.3, -0.25) is 4.79 Å². The molecule has 5 rings (SSSR count). The molecular formula is C33H27F3N2O6. The number of pyridine rings is 1. The maximum atomic E-state index is 14.0. The molecule has 0 aliphatic carbocycles. The van der Waals surface area contributed by atoms with E-state index < -0.39 is 34.8 Å². The molecule has 0 atom stereocenters. The van der Waals surface area contributed by atoms with Crippen LogP contribution in [0.5, 0.6) is 11.5 Å². The highest BCUT2D eigenvalue weighted by Gasteiger charge is 2.38. The summed E-state index contributed by atoms with van der Waals surface area (Å²) in [7, 11) is 0. The van der Waals surface area contributed by atoms with Crippen molar-refractivity contribution in [2.75, 3.05) is 6.61 Å². The van der Waals surface area contributed by atoms with Crippen molar-refractivity contribution in [3.05, 3.63) is 117 Å². The van der Waals surface area contributed by atoms with E-state index in [0.29, 0.717) is 39.7 Å². The summed E-state index contributed by atoms with van der Waals surface area (Å²) in [6, 6.07) is 19.0. The first-order valence-corrected chi connectivity index (χ1v) is 13.6. The number of esters is 1. The van der Waals surface area contributed by atoms with Gasteiger partial charge in [0.2, 0.25) is 0 Å². The van der Waals surface area contributed by atoms with Gasteiger partial charge in [0.15, 0.2) is 0 Å². The molecule has 0 saturated heterocycles. The van der Waals surface area contributed by atoms with Gasteiger partial charge in [-0.05, 0) is 92.1 Å². The van der Waals surface area contributed by atoms with Crippen LogP contribution in [0.15, 0.2) is 77.6 Å². The molecule has 44 heavy (non-hydrogen) atoms. The van der Waals surface area contributed by atoms with Gasteiger partial charge in [-0.2, -0.15) is 13.2 Å². The zero-order valence-corrected chi connectivity index (χ0v) is 23.9. The number of carbonyl (C=O) groups is 2. The molecule has 0 aliphatic heterocycles. The van der Waals surface area contributed by atoms with Crippen molar-refractivity contribution < 1.29 is 37.3 Å². The Hall–Kier alpha value is -5.32. The first-order chi connectivity index (χ1) is 20.8. The number of aromatic amines is 1. The Morgan fingerprint density at radius 1 is 0.932 bits per heavy atom. The Labute approximate surface area is 249 Å². The molecule has 0 saturated carbocycles. The lowest BCUT2D eigenvalue weighted by Crippen LogP contribution is -2.32. The summed E-state index contributed by atoms with van der Waals surface area (Å²) < 4.78 is 54.0. The van der Waals surface area contributed by atoms with E-state index in [1.54, 1.807) is 37.3 Å². The molecule has 2 aromatic heterocycles. The predicted octanol–water partition coefficient (Wildman–Crippen LogP) is 7.35. The summed E-state index contributed by atoms with van der Waals surface area (Å²) >= 11 is 0. The monoisotopic (exact) mass is 604 g/mol. The molecule has 3 aromatic carbocycles. The summed E-state index contributed by atoms with van der Waals surface area (Å²) in [5.74, 6) is -1.64. The van der Waals surface area contributed by atoms with Crippen LogP contribution in [0.2, 0.25) is 0 Å². The topological polar surface area (TPSA) is 111 Å². The predicted molar refractivity (Wildman–Crippen MR) is 157 cm³/mol. The van der Waals surface area contributed by atoms with Crippen molar-refractivity contribution >= 4 is 22.8 Å². The standard InChI is InChI=1S/C33H27F3N2O6/c1-4-43-32(42)27-15-22-14-24(11-12-26(22)37-27)44-23-9-7-20(8-10-23)28-16-25(33(34,35)36)29(31(40)41)30(39)38(28)17-21-6-5-18(2)13-19(21)3/h5-16,37H,4,17H2,1-3H3,(H,40,41). The number of carboxylic acid groups (broad SMARTS) is 1. The molecule has 0 spiro atoms. The van der Waals surface area contributed by atoms with E-state index >= 15 is 0 Å². The van der Waals surface area contributed by atoms with Crippen molar-refractivity contribution in [3.8, 4) is 22.8 Å². The fraction of sp³-hybridized carbons (Fsp3) is 0.182. The molecule has 8 nitrogen and oxygen atoms in total. The number of aromatic nitrogens is 2. The molecule has 0 aliphatic rings. The van der Waals surface area contributed by atoms with Gasteiger partial charge in [0.1, 0.15) is 22.8 Å². The van der Waals surface area contributed by atoms with Gasteiger partial charge in [0.25, 0.3) is 5.56 Å². The summed E-state index contributed by atoms with van der Waals surface area (Å²) in [5.41, 5.74) is -0.557. The van der Waals surface area contributed by atoms with Gasteiger partial charge >= 0.3 is 18.1 Å². The number of nitrogens with zero attached hydrogens (tertiary/aromatic N) is 1. The Morgan fingerprint density at radius 2 is 1.64 bits per heavy atom. The van der Waals surface area contributed by atoms with Crippen LogP contribution < -0.4 is 10.3 Å². The number of aromatic carboxylic acids is 1. The van der Waals surface area contributed by atoms with E-state index in [0.717, 1.165) is 15.7 Å². The molecule has 2 N–H and O–H groups in total. The van der Waals surface area contributed by atoms with Gasteiger partial charge < -0.3 is 24.1 Å². The maximum absolute atomic E-state index is 14.0. The molecule has 2 heterocycles. The number of hydrogen-bond donors (Lipinski definition) is 2. The van der Waals surface area contributed by atoms with Crippen LogP contribution >= 0.6 is 0 Å². The lowest BCUT2D eigenvalue weighted by Gasteiger charge is -2.19. The largest absolute Gasteiger partial charge is 0.477 e. The Kier molecular flexibility index (Phi) is 8.05. The van der Waals surface area contributed by atoms with Crippen molar-refractivity contribution in [2.45, 2.75) is 33.5 Å². The molecular weight excluding hydrogens is 577 g/mol. The van der Waals surface area contributed by atoms with Gasteiger partial charge in [0, 0.05) is 10.9 Å². The zero-order chi connectivity index (χ0) is 31.8. The van der Waals surface area contributed by atoms with E-state index in [1.807, 2.05) is 26.0 Å². The Balaban J connectivity index is 1.53. The second-order valence-electron chi connectivity index (χ2n) is 10.2. The zero-order valence-electron chi connectivity index (χ0n) is 23.9. The normalized spacial score (nSPS) is 11.5. The van der Waals surface area contributed by atoms with E-state index in [2.05, 4.69) is 4.98 Å². The average Bonchev–Trinajstić information content (AvgIpc) is 3.39. The van der Waals surface area contributed by atoms with Crippen molar-refractivity contribution in [1.29, 1.82) is 0 Å². The van der Waals surface area contributed by atoms with Gasteiger partial charge in [-0.1, -0.05) is 23.8 Å². The van der Waals surface area contributed by atoms with E-state index in [-0.39, 0.29) is 24.4 Å². The van der Waals surface area contributed by atoms with E-state index in [9.17, 15) is 32.7 Å². The smallest absolute Gasteiger partial charge is 0.417 e. The number of hydrogen-bond acceptors (Lipinski definition) is 5. The summed E-state index contributed by atoms with van der Waals surface area (Å²) in [6.07, 6.45) is -5.08. The van der Waals surface area contributed by atoms with Crippen molar-refractivity contribution in [2.24, 2.45) is 0 Å². The minimum atomic E-state index is -5.08. The van der Waals surface area contributed by atoms with Gasteiger partial charge in [-0.25, -0.2) is 9.59 Å². The van der Waals surface area contributed by atoms with Crippen LogP contribution in [0, 0.1) is 13.8 Å². The van der Waals surface area contributed by atoms with E-state index in [4.69, 9.17) is 9.47 Å². The average molecular weight is 605 g/mol. The molecule has 0 bridgehead atoms. The number of nitrogens with one attached hydrogen (secondary N) is 1. The molecule has 0 fully saturated rings. The quantitative estimate of drug-likeness (QED) is 0.179. The first-order valence-electron chi connectivity index (χ1n) is 13.6. The minimum Gasteiger partial charge on any atom is -0.477 e. The maximum Gasteiger partial charge on any atom is 0.417 e. The third-order valence-electron chi connectivity index (χ3n) is 7.12. The highest BCUT2D eigenvalue weighted by atomic mass is 19.4. The van der Waals surface area contributed by atoms with Crippen molar-refractivity contribution in [1.82, 2.24) is 9.55 Å². The lowest BCUT2D eigenvalue weighted by atomic mass is 10.0. The second kappa shape index (κ2) is 11.8. The third-order valence-corrected chi connectivity index (χ3v) is 7.12. The fourth-order valence-electron chi connectivity index (χ4n) is 4.99. The summed E-state index contributed by atoms with van der Waals surface area (Å²) in [4.78, 5) is 40.3. The van der Waals surface area contributed by atoms with E-state index in [1.165, 1.54) is 24.3 Å². The van der Waals surface area contributed by atoms with Crippen LogP contribution in [-0.2, 0) is 17.5 Å². The highest BCUT2D eigenvalue weighted by Crippen LogP contribution is 2.35. The number of alkyl halides is 3. The molecule has 0 amide bonds. The van der Waals surface area contributed by atoms with Gasteiger partial charge in [0.05, 0.1) is 24.4 Å². The number of rotatable bonds is 8. The molecule has 11 heteroatoms. The summed E-state index contributed by atoms with van der Waals surface area (Å²) in [6.45, 7) is 5.50. The number of carboxylic acids is 1. The number of aryl methyl sites for hydroxylation is 2. The molecule has 226 valence electrons. The number of carbonyl (C=O) groups excluding carboxylic acids is 1. The van der Waals surface area contributed by atoms with Crippen LogP contribution in [0.25, 0.3) is 22.2 Å². The minimum absolute atomic E-state index is 0.0981. The lowest BCUT2D eigenvalue weighted by molar-refractivity contribution is -0.138. The SMILES string of the molecule is CCOC(=O)c1cc2cc(Oc3ccc(-c4cc(C(F)(F)F)c(C(=O)O)c(=O)n4Cc4ccc(C)cc4C)cc3)ccc2[nH]1.